The molecule has 0 saturated carbocycles. The molecule has 1 saturated heterocycles. The van der Waals surface area contributed by atoms with Gasteiger partial charge >= 0.3 is 0 Å². The second-order valence-electron chi connectivity index (χ2n) is 8.56. The van der Waals surface area contributed by atoms with Gasteiger partial charge in [0.15, 0.2) is 5.96 Å². The summed E-state index contributed by atoms with van der Waals surface area (Å²) >= 11 is 0. The Kier molecular flexibility index (Phi) is 11.7. The van der Waals surface area contributed by atoms with E-state index in [1.54, 1.807) is 12.0 Å². The van der Waals surface area contributed by atoms with Gasteiger partial charge < -0.3 is 30.9 Å². The highest BCUT2D eigenvalue weighted by Gasteiger charge is 2.22. The quantitative estimate of drug-likeness (QED) is 0.249. The summed E-state index contributed by atoms with van der Waals surface area (Å²) in [6.45, 7) is 2.20. The van der Waals surface area contributed by atoms with Gasteiger partial charge in [-0.3, -0.25) is 9.59 Å². The number of benzene rings is 2. The van der Waals surface area contributed by atoms with E-state index in [2.05, 4.69) is 4.99 Å². The fraction of sp³-hybridized carbons (Fsp3) is 0.423. The van der Waals surface area contributed by atoms with Gasteiger partial charge in [-0.2, -0.15) is 4.99 Å². The number of guanidine groups is 1. The number of hydrogen-bond donors (Lipinski definition) is 3. The van der Waals surface area contributed by atoms with E-state index in [1.165, 1.54) is 0 Å². The fourth-order valence-electron chi connectivity index (χ4n) is 3.96. The number of aliphatic hydroxyl groups excluding tert-OH is 1. The monoisotopic (exact) mass is 518 g/mol. The van der Waals surface area contributed by atoms with Crippen molar-refractivity contribution < 1.29 is 24.2 Å². The van der Waals surface area contributed by atoms with Gasteiger partial charge in [0.05, 0.1) is 12.7 Å². The average Bonchev–Trinajstić information content (AvgIpc) is 2.85. The number of likely N-dealkylation sites (tertiary alicyclic amines) is 1. The van der Waals surface area contributed by atoms with E-state index in [9.17, 15) is 14.7 Å². The number of carbonyl (C=O) groups is 2. The van der Waals surface area contributed by atoms with E-state index in [-0.39, 0.29) is 42.7 Å². The van der Waals surface area contributed by atoms with Crippen LogP contribution in [0, 0.1) is 0 Å². The summed E-state index contributed by atoms with van der Waals surface area (Å²) in [5.74, 6) is 0.0460. The van der Waals surface area contributed by atoms with Crippen molar-refractivity contribution in [3.05, 3.63) is 53.6 Å². The molecule has 1 fully saturated rings. The van der Waals surface area contributed by atoms with Gasteiger partial charge in [-0.05, 0) is 48.6 Å². The van der Waals surface area contributed by atoms with Crippen LogP contribution in [-0.4, -0.2) is 67.3 Å². The third-order valence-electron chi connectivity index (χ3n) is 5.87. The Bertz CT molecular complexity index is 1030. The molecule has 2 aromatic rings. The van der Waals surface area contributed by atoms with Crippen LogP contribution in [0.15, 0.2) is 47.5 Å². The number of halogens is 1. The molecule has 2 aromatic carbocycles. The summed E-state index contributed by atoms with van der Waals surface area (Å²) in [5, 5.41) is 9.68. The number of rotatable bonds is 10. The zero-order valence-corrected chi connectivity index (χ0v) is 21.3. The number of aryl methyl sites for hydroxylation is 1. The molecular formula is C26H35ClN4O5. The molecule has 5 N–H and O–H groups in total. The maximum Gasteiger partial charge on any atom is 0.253 e. The van der Waals surface area contributed by atoms with Crippen LogP contribution in [0.2, 0.25) is 0 Å². The molecule has 0 spiro atoms. The van der Waals surface area contributed by atoms with E-state index in [1.807, 2.05) is 42.5 Å². The number of aliphatic hydroxyl groups is 1. The number of amides is 2. The number of aliphatic imine (C=N–C) groups is 1. The number of piperidine rings is 1. The van der Waals surface area contributed by atoms with E-state index < -0.39 is 0 Å². The molecule has 1 aliphatic rings. The van der Waals surface area contributed by atoms with Crippen molar-refractivity contribution in [2.75, 3.05) is 33.4 Å². The second-order valence-corrected chi connectivity index (χ2v) is 8.56. The van der Waals surface area contributed by atoms with Gasteiger partial charge in [-0.15, -0.1) is 12.4 Å². The first-order valence-electron chi connectivity index (χ1n) is 11.8. The Morgan fingerprint density at radius 1 is 1.08 bits per heavy atom. The third kappa shape index (κ3) is 8.51. The SMILES string of the molecule is COCCCOc1cc(CCC(=O)N=C(N)N)ccc1-c1ccc(C(=O)N2CCC(O)CC2)cc1.Cl. The zero-order chi connectivity index (χ0) is 25.2. The Labute approximate surface area is 217 Å². The highest BCUT2D eigenvalue weighted by Crippen LogP contribution is 2.32. The third-order valence-corrected chi connectivity index (χ3v) is 5.87. The van der Waals surface area contributed by atoms with Crippen molar-refractivity contribution in [2.24, 2.45) is 16.5 Å². The maximum atomic E-state index is 12.8. The molecule has 0 atom stereocenters. The molecule has 0 unspecified atom stereocenters. The van der Waals surface area contributed by atoms with Crippen molar-refractivity contribution in [3.63, 3.8) is 0 Å². The van der Waals surface area contributed by atoms with Crippen LogP contribution in [-0.2, 0) is 16.0 Å². The highest BCUT2D eigenvalue weighted by molar-refractivity contribution is 5.95. The summed E-state index contributed by atoms with van der Waals surface area (Å²) in [5.41, 5.74) is 13.9. The molecular weight excluding hydrogens is 484 g/mol. The van der Waals surface area contributed by atoms with Crippen molar-refractivity contribution in [3.8, 4) is 16.9 Å². The molecule has 2 amide bonds. The van der Waals surface area contributed by atoms with Gasteiger partial charge in [0.1, 0.15) is 5.75 Å². The number of ether oxygens (including phenoxy) is 2. The van der Waals surface area contributed by atoms with E-state index >= 15 is 0 Å². The van der Waals surface area contributed by atoms with Crippen molar-refractivity contribution in [1.82, 2.24) is 4.90 Å². The molecule has 1 aliphatic heterocycles. The van der Waals surface area contributed by atoms with Gasteiger partial charge in [0.25, 0.3) is 5.91 Å². The lowest BCUT2D eigenvalue weighted by Crippen LogP contribution is -2.40. The predicted octanol–water partition coefficient (Wildman–Crippen LogP) is 2.52. The molecule has 0 aromatic heterocycles. The Morgan fingerprint density at radius 3 is 2.42 bits per heavy atom. The first-order chi connectivity index (χ1) is 16.9. The number of hydrogen-bond acceptors (Lipinski definition) is 5. The standard InChI is InChI=1S/C26H34N4O5.ClH/c1-34-15-2-16-35-23-17-18(4-10-24(32)29-26(27)28)3-9-22(23)19-5-7-20(8-6-19)25(33)30-13-11-21(31)12-14-30;/h3,5-9,17,21,31H,2,4,10-16H2,1H3,(H4,27,28,29,32);1H. The minimum atomic E-state index is -0.375. The number of methoxy groups -OCH3 is 1. The van der Waals surface area contributed by atoms with Crippen LogP contribution in [0.1, 0.15) is 41.6 Å². The second kappa shape index (κ2) is 14.4. The number of nitrogens with zero attached hydrogens (tertiary/aromatic N) is 2. The highest BCUT2D eigenvalue weighted by atomic mass is 35.5. The molecule has 3 rings (SSSR count). The average molecular weight is 519 g/mol. The van der Waals surface area contributed by atoms with Crippen molar-refractivity contribution in [1.29, 1.82) is 0 Å². The molecule has 9 nitrogen and oxygen atoms in total. The van der Waals surface area contributed by atoms with Crippen LogP contribution in [0.3, 0.4) is 0 Å². The Balaban J connectivity index is 0.00000456. The summed E-state index contributed by atoms with van der Waals surface area (Å²) in [6.07, 6.45) is 2.29. The lowest BCUT2D eigenvalue weighted by atomic mass is 9.99. The van der Waals surface area contributed by atoms with Crippen molar-refractivity contribution in [2.45, 2.75) is 38.2 Å². The summed E-state index contributed by atoms with van der Waals surface area (Å²) in [7, 11) is 1.65. The predicted molar refractivity (Wildman–Crippen MR) is 141 cm³/mol. The van der Waals surface area contributed by atoms with Gasteiger partial charge in [0.2, 0.25) is 5.91 Å². The molecule has 0 radical (unpaired) electrons. The molecule has 10 heteroatoms. The zero-order valence-electron chi connectivity index (χ0n) is 20.5. The van der Waals surface area contributed by atoms with Crippen LogP contribution >= 0.6 is 12.4 Å². The van der Waals surface area contributed by atoms with E-state index in [0.29, 0.717) is 56.9 Å². The van der Waals surface area contributed by atoms with E-state index in [4.69, 9.17) is 20.9 Å². The first kappa shape index (κ1) is 29.1. The van der Waals surface area contributed by atoms with E-state index in [0.717, 1.165) is 23.1 Å². The molecule has 36 heavy (non-hydrogen) atoms. The molecule has 1 heterocycles. The van der Waals surface area contributed by atoms with Crippen LogP contribution in [0.4, 0.5) is 0 Å². The lowest BCUT2D eigenvalue weighted by Gasteiger charge is -2.29. The lowest BCUT2D eigenvalue weighted by molar-refractivity contribution is -0.117. The Morgan fingerprint density at radius 2 is 1.78 bits per heavy atom. The van der Waals surface area contributed by atoms with Crippen LogP contribution in [0.5, 0.6) is 5.75 Å². The number of nitrogens with two attached hydrogens (primary N) is 2. The fourth-order valence-corrected chi connectivity index (χ4v) is 3.96. The molecule has 0 bridgehead atoms. The van der Waals surface area contributed by atoms with Crippen LogP contribution < -0.4 is 16.2 Å². The van der Waals surface area contributed by atoms with Gasteiger partial charge in [-0.25, -0.2) is 0 Å². The summed E-state index contributed by atoms with van der Waals surface area (Å²) in [4.78, 5) is 30.0. The summed E-state index contributed by atoms with van der Waals surface area (Å²) in [6, 6.07) is 13.3. The van der Waals surface area contributed by atoms with Crippen molar-refractivity contribution >= 4 is 30.2 Å². The minimum absolute atomic E-state index is 0. The molecule has 196 valence electrons. The van der Waals surface area contributed by atoms with Crippen LogP contribution in [0.25, 0.3) is 11.1 Å². The van der Waals surface area contributed by atoms with Gasteiger partial charge in [-0.1, -0.05) is 24.3 Å². The minimum Gasteiger partial charge on any atom is -0.493 e. The number of carbonyl (C=O) groups excluding carboxylic acids is 2. The Hall–Kier alpha value is -3.14. The largest absolute Gasteiger partial charge is 0.493 e. The normalized spacial score (nSPS) is 13.6. The maximum absolute atomic E-state index is 12.8. The summed E-state index contributed by atoms with van der Waals surface area (Å²) < 4.78 is 11.2. The smallest absolute Gasteiger partial charge is 0.253 e. The van der Waals surface area contributed by atoms with Gasteiger partial charge in [0, 0.05) is 50.8 Å². The topological polar surface area (TPSA) is 140 Å². The first-order valence-corrected chi connectivity index (χ1v) is 11.8. The molecule has 0 aliphatic carbocycles.